The van der Waals surface area contributed by atoms with Gasteiger partial charge in [0.2, 0.25) is 0 Å². The largest absolute Gasteiger partial charge is 0.328 e. The molecule has 2 aromatic heterocycles. The van der Waals surface area contributed by atoms with Crippen molar-refractivity contribution in [2.45, 2.75) is 0 Å². The zero-order chi connectivity index (χ0) is 12.5. The van der Waals surface area contributed by atoms with Crippen molar-refractivity contribution in [3.05, 3.63) is 53.3 Å². The molecular formula is C13H8FN3S. The Morgan fingerprint density at radius 3 is 2.83 bits per heavy atom. The number of halogens is 1. The van der Waals surface area contributed by atoms with Gasteiger partial charge in [-0.25, -0.2) is 9.37 Å². The summed E-state index contributed by atoms with van der Waals surface area (Å²) in [6.07, 6.45) is 2.80. The molecular weight excluding hydrogens is 249 g/mol. The van der Waals surface area contributed by atoms with Crippen LogP contribution >= 0.6 is 12.2 Å². The quantitative estimate of drug-likeness (QED) is 0.678. The van der Waals surface area contributed by atoms with Gasteiger partial charge in [0.25, 0.3) is 0 Å². The molecule has 0 bridgehead atoms. The van der Waals surface area contributed by atoms with E-state index in [0.717, 1.165) is 17.1 Å². The van der Waals surface area contributed by atoms with Gasteiger partial charge in [-0.05, 0) is 18.3 Å². The van der Waals surface area contributed by atoms with Gasteiger partial charge in [0, 0.05) is 17.1 Å². The lowest BCUT2D eigenvalue weighted by Gasteiger charge is -2.06. The number of H-pyrrole nitrogens is 1. The summed E-state index contributed by atoms with van der Waals surface area (Å²) >= 11 is 4.93. The van der Waals surface area contributed by atoms with Crippen LogP contribution in [-0.4, -0.2) is 15.0 Å². The lowest BCUT2D eigenvalue weighted by Crippen LogP contribution is -1.94. The maximum absolute atomic E-state index is 13.8. The first-order valence-electron chi connectivity index (χ1n) is 5.34. The maximum Gasteiger partial charge on any atom is 0.197 e. The van der Waals surface area contributed by atoms with E-state index < -0.39 is 5.82 Å². The van der Waals surface area contributed by atoms with Gasteiger partial charge < -0.3 is 4.98 Å². The van der Waals surface area contributed by atoms with Crippen LogP contribution in [0.5, 0.6) is 0 Å². The molecule has 0 spiro atoms. The zero-order valence-electron chi connectivity index (χ0n) is 9.22. The van der Waals surface area contributed by atoms with Crippen LogP contribution in [0.1, 0.15) is 0 Å². The van der Waals surface area contributed by atoms with Crippen molar-refractivity contribution in [2.75, 3.05) is 0 Å². The second-order valence-electron chi connectivity index (χ2n) is 3.79. The fourth-order valence-corrected chi connectivity index (χ4v) is 2.04. The lowest BCUT2D eigenvalue weighted by atomic mass is 10.1. The molecule has 0 saturated heterocycles. The van der Waals surface area contributed by atoms with E-state index in [-0.39, 0.29) is 4.77 Å². The first kappa shape index (κ1) is 11.0. The van der Waals surface area contributed by atoms with E-state index in [0.29, 0.717) is 11.3 Å². The topological polar surface area (TPSA) is 41.6 Å². The molecule has 0 amide bonds. The third-order valence-corrected chi connectivity index (χ3v) is 2.88. The van der Waals surface area contributed by atoms with E-state index >= 15 is 0 Å². The van der Waals surface area contributed by atoms with Crippen LogP contribution in [0.2, 0.25) is 0 Å². The van der Waals surface area contributed by atoms with Crippen LogP contribution < -0.4 is 0 Å². The fraction of sp³-hybridized carbons (Fsp3) is 0. The smallest absolute Gasteiger partial charge is 0.197 e. The second-order valence-corrected chi connectivity index (χ2v) is 4.18. The molecule has 0 aliphatic carbocycles. The Morgan fingerprint density at radius 1 is 1.11 bits per heavy atom. The van der Waals surface area contributed by atoms with E-state index in [2.05, 4.69) is 15.0 Å². The molecule has 0 fully saturated rings. The Kier molecular flexibility index (Phi) is 2.60. The number of fused-ring (bicyclic) bond motifs is 1. The van der Waals surface area contributed by atoms with E-state index in [4.69, 9.17) is 12.2 Å². The summed E-state index contributed by atoms with van der Waals surface area (Å²) in [7, 11) is 0. The lowest BCUT2D eigenvalue weighted by molar-refractivity contribution is 0.617. The molecule has 3 nitrogen and oxygen atoms in total. The van der Waals surface area contributed by atoms with Gasteiger partial charge in [0.15, 0.2) is 10.6 Å². The van der Waals surface area contributed by atoms with E-state index in [1.807, 2.05) is 24.3 Å². The average molecular weight is 257 g/mol. The number of para-hydroxylation sites is 1. The number of nitrogens with one attached hydrogen (secondary N) is 1. The fourth-order valence-electron chi connectivity index (χ4n) is 1.88. The van der Waals surface area contributed by atoms with Crippen molar-refractivity contribution >= 4 is 23.1 Å². The third kappa shape index (κ3) is 1.78. The van der Waals surface area contributed by atoms with Gasteiger partial charge in [-0.2, -0.15) is 0 Å². The summed E-state index contributed by atoms with van der Waals surface area (Å²) in [6, 6.07) is 9.37. The Balaban J connectivity index is 2.38. The molecule has 88 valence electrons. The highest BCUT2D eigenvalue weighted by Gasteiger charge is 2.10. The molecule has 18 heavy (non-hydrogen) atoms. The molecule has 1 aromatic carbocycles. The summed E-state index contributed by atoms with van der Waals surface area (Å²) in [4.78, 5) is 10.8. The first-order valence-corrected chi connectivity index (χ1v) is 5.75. The van der Waals surface area contributed by atoms with Crippen molar-refractivity contribution in [1.82, 2.24) is 15.0 Å². The maximum atomic E-state index is 13.8. The first-order chi connectivity index (χ1) is 8.75. The van der Waals surface area contributed by atoms with Gasteiger partial charge in [-0.15, -0.1) is 0 Å². The normalized spacial score (nSPS) is 10.7. The minimum absolute atomic E-state index is 0.249. The number of aromatic nitrogens is 3. The SMILES string of the molecule is Fc1cnc(=S)[nH]c1-c1cccc2cccnc12. The number of hydrogen-bond donors (Lipinski definition) is 1. The molecule has 2 heterocycles. The van der Waals surface area contributed by atoms with Gasteiger partial charge in [0.05, 0.1) is 17.4 Å². The summed E-state index contributed by atoms with van der Waals surface area (Å²) in [5.74, 6) is -0.443. The van der Waals surface area contributed by atoms with Crippen molar-refractivity contribution in [3.63, 3.8) is 0 Å². The van der Waals surface area contributed by atoms with Crippen LogP contribution in [0, 0.1) is 10.6 Å². The Hall–Kier alpha value is -2.14. The number of rotatable bonds is 1. The van der Waals surface area contributed by atoms with Crippen LogP contribution in [0.15, 0.2) is 42.7 Å². The molecule has 0 saturated carbocycles. The summed E-state index contributed by atoms with van der Waals surface area (Å²) < 4.78 is 14.1. The predicted molar refractivity (Wildman–Crippen MR) is 70.1 cm³/mol. The molecule has 0 radical (unpaired) electrons. The highest BCUT2D eigenvalue weighted by Crippen LogP contribution is 2.26. The van der Waals surface area contributed by atoms with E-state index in [1.54, 1.807) is 12.3 Å². The van der Waals surface area contributed by atoms with Crippen LogP contribution in [0.3, 0.4) is 0 Å². The zero-order valence-corrected chi connectivity index (χ0v) is 10.0. The summed E-state index contributed by atoms with van der Waals surface area (Å²) in [6.45, 7) is 0. The van der Waals surface area contributed by atoms with E-state index in [1.165, 1.54) is 0 Å². The second kappa shape index (κ2) is 4.27. The van der Waals surface area contributed by atoms with Gasteiger partial charge >= 0.3 is 0 Å². The van der Waals surface area contributed by atoms with Crippen LogP contribution in [0.4, 0.5) is 4.39 Å². The van der Waals surface area contributed by atoms with Crippen LogP contribution in [-0.2, 0) is 0 Å². The Labute approximate surface area is 107 Å². The highest BCUT2D eigenvalue weighted by atomic mass is 32.1. The molecule has 5 heteroatoms. The number of nitrogens with zero attached hydrogens (tertiary/aromatic N) is 2. The third-order valence-electron chi connectivity index (χ3n) is 2.67. The predicted octanol–water partition coefficient (Wildman–Crippen LogP) is 3.49. The molecule has 0 aliphatic rings. The molecule has 0 atom stereocenters. The van der Waals surface area contributed by atoms with Crippen LogP contribution in [0.25, 0.3) is 22.2 Å². The molecule has 3 aromatic rings. The van der Waals surface area contributed by atoms with Gasteiger partial charge in [0.1, 0.15) is 0 Å². The minimum atomic E-state index is -0.443. The average Bonchev–Trinajstić information content (AvgIpc) is 2.41. The monoisotopic (exact) mass is 257 g/mol. The van der Waals surface area contributed by atoms with E-state index in [9.17, 15) is 4.39 Å². The molecule has 1 N–H and O–H groups in total. The summed E-state index contributed by atoms with van der Waals surface area (Å²) in [5.41, 5.74) is 1.73. The molecule has 0 aliphatic heterocycles. The number of benzene rings is 1. The molecule has 0 unspecified atom stereocenters. The molecule has 3 rings (SSSR count). The van der Waals surface area contributed by atoms with Gasteiger partial charge in [-0.3, -0.25) is 4.98 Å². The number of pyridine rings is 1. The number of hydrogen-bond acceptors (Lipinski definition) is 3. The Morgan fingerprint density at radius 2 is 1.94 bits per heavy atom. The van der Waals surface area contributed by atoms with Crippen molar-refractivity contribution < 1.29 is 4.39 Å². The highest BCUT2D eigenvalue weighted by molar-refractivity contribution is 7.71. The van der Waals surface area contributed by atoms with Crippen molar-refractivity contribution in [3.8, 4) is 11.3 Å². The minimum Gasteiger partial charge on any atom is -0.328 e. The van der Waals surface area contributed by atoms with Crippen molar-refractivity contribution in [2.24, 2.45) is 0 Å². The number of aromatic amines is 1. The standard InChI is InChI=1S/C13H8FN3S/c14-10-7-16-13(18)17-12(10)9-5-1-3-8-4-2-6-15-11(8)9/h1-7H,(H,16,17,18). The summed E-state index contributed by atoms with van der Waals surface area (Å²) in [5, 5.41) is 0.950. The van der Waals surface area contributed by atoms with Gasteiger partial charge in [-0.1, -0.05) is 24.3 Å². The van der Waals surface area contributed by atoms with Crippen molar-refractivity contribution in [1.29, 1.82) is 0 Å². The Bertz CT molecular complexity index is 777.